The SMILES string of the molecule is CCNC(=NCCOCC1CC1)NC1CCN(c2cc(OC)cc(OC)c2)CC1.I. The van der Waals surface area contributed by atoms with Gasteiger partial charge in [-0.3, -0.25) is 4.99 Å². The molecular weight excluding hydrogens is 495 g/mol. The quantitative estimate of drug-likeness (QED) is 0.209. The van der Waals surface area contributed by atoms with E-state index in [4.69, 9.17) is 14.2 Å². The largest absolute Gasteiger partial charge is 0.497 e. The van der Waals surface area contributed by atoms with Gasteiger partial charge >= 0.3 is 0 Å². The van der Waals surface area contributed by atoms with Gasteiger partial charge in [-0.25, -0.2) is 0 Å². The number of halogens is 1. The molecular formula is C22H37IN4O3. The zero-order valence-corrected chi connectivity index (χ0v) is 20.8. The summed E-state index contributed by atoms with van der Waals surface area (Å²) in [5.74, 6) is 3.35. The van der Waals surface area contributed by atoms with E-state index in [0.717, 1.165) is 68.1 Å². The normalized spacial score (nSPS) is 17.3. The second kappa shape index (κ2) is 13.1. The minimum atomic E-state index is 0. The number of anilines is 1. The van der Waals surface area contributed by atoms with Crippen LogP contribution in [0.4, 0.5) is 5.69 Å². The van der Waals surface area contributed by atoms with Crippen LogP contribution < -0.4 is 25.0 Å². The topological polar surface area (TPSA) is 67.4 Å². The fourth-order valence-electron chi connectivity index (χ4n) is 3.53. The lowest BCUT2D eigenvalue weighted by atomic mass is 10.0. The monoisotopic (exact) mass is 532 g/mol. The lowest BCUT2D eigenvalue weighted by Gasteiger charge is -2.34. The van der Waals surface area contributed by atoms with Crippen LogP contribution in [-0.2, 0) is 4.74 Å². The van der Waals surface area contributed by atoms with Crippen LogP contribution in [0.1, 0.15) is 32.6 Å². The number of rotatable bonds is 10. The second-order valence-electron chi connectivity index (χ2n) is 7.76. The van der Waals surface area contributed by atoms with Crippen molar-refractivity contribution in [1.82, 2.24) is 10.6 Å². The molecule has 0 aromatic heterocycles. The second-order valence-corrected chi connectivity index (χ2v) is 7.76. The molecule has 1 saturated carbocycles. The highest BCUT2D eigenvalue weighted by atomic mass is 127. The number of ether oxygens (including phenoxy) is 3. The van der Waals surface area contributed by atoms with Gasteiger partial charge in [-0.2, -0.15) is 0 Å². The van der Waals surface area contributed by atoms with Gasteiger partial charge < -0.3 is 29.7 Å². The number of hydrogen-bond acceptors (Lipinski definition) is 5. The molecule has 7 nitrogen and oxygen atoms in total. The van der Waals surface area contributed by atoms with Gasteiger partial charge in [0.2, 0.25) is 0 Å². The van der Waals surface area contributed by atoms with Crippen LogP contribution >= 0.6 is 24.0 Å². The Morgan fingerprint density at radius 2 is 1.73 bits per heavy atom. The third kappa shape index (κ3) is 8.02. The van der Waals surface area contributed by atoms with Crippen molar-refractivity contribution in [2.45, 2.75) is 38.6 Å². The summed E-state index contributed by atoms with van der Waals surface area (Å²) in [4.78, 5) is 7.06. The lowest BCUT2D eigenvalue weighted by Crippen LogP contribution is -2.48. The summed E-state index contributed by atoms with van der Waals surface area (Å²) in [5, 5.41) is 6.94. The molecule has 0 atom stereocenters. The maximum absolute atomic E-state index is 5.69. The number of hydrogen-bond donors (Lipinski definition) is 2. The zero-order valence-electron chi connectivity index (χ0n) is 18.5. The summed E-state index contributed by atoms with van der Waals surface area (Å²) >= 11 is 0. The fraction of sp³-hybridized carbons (Fsp3) is 0.682. The molecule has 1 saturated heterocycles. The van der Waals surface area contributed by atoms with Gasteiger partial charge in [0.1, 0.15) is 11.5 Å². The molecule has 1 aliphatic heterocycles. The molecule has 2 N–H and O–H groups in total. The van der Waals surface area contributed by atoms with Gasteiger partial charge in [0.05, 0.1) is 27.4 Å². The number of guanidine groups is 1. The van der Waals surface area contributed by atoms with Crippen LogP contribution in [0.3, 0.4) is 0 Å². The Labute approximate surface area is 197 Å². The van der Waals surface area contributed by atoms with Gasteiger partial charge in [-0.05, 0) is 38.5 Å². The first kappa shape index (κ1) is 24.8. The van der Waals surface area contributed by atoms with Crippen molar-refractivity contribution in [1.29, 1.82) is 0 Å². The van der Waals surface area contributed by atoms with Gasteiger partial charge in [0.15, 0.2) is 5.96 Å². The molecule has 1 aromatic rings. The highest BCUT2D eigenvalue weighted by Gasteiger charge is 2.22. The number of benzene rings is 1. The molecule has 1 aromatic carbocycles. The van der Waals surface area contributed by atoms with E-state index in [0.29, 0.717) is 19.2 Å². The summed E-state index contributed by atoms with van der Waals surface area (Å²) in [6.45, 7) is 7.22. The smallest absolute Gasteiger partial charge is 0.191 e. The molecule has 0 unspecified atom stereocenters. The Morgan fingerprint density at radius 3 is 2.30 bits per heavy atom. The van der Waals surface area contributed by atoms with E-state index in [1.54, 1.807) is 14.2 Å². The Morgan fingerprint density at radius 1 is 1.07 bits per heavy atom. The van der Waals surface area contributed by atoms with E-state index in [1.807, 2.05) is 6.07 Å². The van der Waals surface area contributed by atoms with Gasteiger partial charge in [0.25, 0.3) is 0 Å². The first-order valence-electron chi connectivity index (χ1n) is 10.8. The summed E-state index contributed by atoms with van der Waals surface area (Å²) < 4.78 is 16.5. The van der Waals surface area contributed by atoms with Crippen molar-refractivity contribution < 1.29 is 14.2 Å². The minimum Gasteiger partial charge on any atom is -0.497 e. The van der Waals surface area contributed by atoms with Crippen molar-refractivity contribution in [3.8, 4) is 11.5 Å². The Bertz CT molecular complexity index is 640. The summed E-state index contributed by atoms with van der Waals surface area (Å²) in [5.41, 5.74) is 1.15. The van der Waals surface area contributed by atoms with E-state index in [-0.39, 0.29) is 24.0 Å². The molecule has 0 bridgehead atoms. The molecule has 0 radical (unpaired) electrons. The van der Waals surface area contributed by atoms with Crippen LogP contribution in [0.5, 0.6) is 11.5 Å². The number of piperidine rings is 1. The standard InChI is InChI=1S/C22H36N4O3.HI/c1-4-23-22(24-9-12-29-16-17-5-6-17)25-18-7-10-26(11-8-18)19-13-20(27-2)15-21(14-19)28-3;/h13-15,17-18H,4-12,16H2,1-3H3,(H2,23,24,25);1H. The van der Waals surface area contributed by atoms with Crippen molar-refractivity contribution in [2.75, 3.05) is 58.5 Å². The highest BCUT2D eigenvalue weighted by Crippen LogP contribution is 2.30. The first-order valence-corrected chi connectivity index (χ1v) is 10.8. The molecule has 8 heteroatoms. The van der Waals surface area contributed by atoms with Gasteiger partial charge in [-0.1, -0.05) is 0 Å². The molecule has 1 heterocycles. The molecule has 30 heavy (non-hydrogen) atoms. The number of nitrogens with zero attached hydrogens (tertiary/aromatic N) is 2. The zero-order chi connectivity index (χ0) is 20.5. The number of aliphatic imine (C=N–C) groups is 1. The maximum Gasteiger partial charge on any atom is 0.191 e. The third-order valence-corrected chi connectivity index (χ3v) is 5.44. The molecule has 170 valence electrons. The van der Waals surface area contributed by atoms with E-state index in [2.05, 4.69) is 39.6 Å². The summed E-state index contributed by atoms with van der Waals surface area (Å²) in [6.07, 6.45) is 4.77. The summed E-state index contributed by atoms with van der Waals surface area (Å²) in [6, 6.07) is 6.47. The lowest BCUT2D eigenvalue weighted by molar-refractivity contribution is 0.131. The molecule has 1 aliphatic carbocycles. The fourth-order valence-corrected chi connectivity index (χ4v) is 3.53. The van der Waals surface area contributed by atoms with E-state index in [9.17, 15) is 0 Å². The van der Waals surface area contributed by atoms with E-state index >= 15 is 0 Å². The van der Waals surface area contributed by atoms with Crippen molar-refractivity contribution in [3.63, 3.8) is 0 Å². The van der Waals surface area contributed by atoms with Crippen molar-refractivity contribution >= 4 is 35.6 Å². The van der Waals surface area contributed by atoms with Crippen LogP contribution in [0.15, 0.2) is 23.2 Å². The van der Waals surface area contributed by atoms with Crippen LogP contribution in [0.2, 0.25) is 0 Å². The predicted octanol–water partition coefficient (Wildman–Crippen LogP) is 3.27. The number of nitrogens with one attached hydrogen (secondary N) is 2. The van der Waals surface area contributed by atoms with Crippen LogP contribution in [0, 0.1) is 5.92 Å². The van der Waals surface area contributed by atoms with Crippen LogP contribution in [-0.4, -0.2) is 65.6 Å². The Hall–Kier alpha value is -1.42. The molecule has 0 spiro atoms. The van der Waals surface area contributed by atoms with Gasteiger partial charge in [-0.15, -0.1) is 24.0 Å². The number of methoxy groups -OCH3 is 2. The Kier molecular flexibility index (Phi) is 10.8. The van der Waals surface area contributed by atoms with Crippen molar-refractivity contribution in [3.05, 3.63) is 18.2 Å². The molecule has 0 amide bonds. The molecule has 3 rings (SSSR count). The van der Waals surface area contributed by atoms with E-state index < -0.39 is 0 Å². The van der Waals surface area contributed by atoms with E-state index in [1.165, 1.54) is 12.8 Å². The molecule has 2 aliphatic rings. The average molecular weight is 532 g/mol. The molecule has 2 fully saturated rings. The first-order chi connectivity index (χ1) is 14.2. The predicted molar refractivity (Wildman–Crippen MR) is 133 cm³/mol. The third-order valence-electron chi connectivity index (χ3n) is 5.44. The van der Waals surface area contributed by atoms with Crippen molar-refractivity contribution in [2.24, 2.45) is 10.9 Å². The summed E-state index contributed by atoms with van der Waals surface area (Å²) in [7, 11) is 3.38. The highest BCUT2D eigenvalue weighted by molar-refractivity contribution is 14.0. The minimum absolute atomic E-state index is 0. The average Bonchev–Trinajstić information content (AvgIpc) is 3.58. The maximum atomic E-state index is 5.69. The van der Waals surface area contributed by atoms with Crippen LogP contribution in [0.25, 0.3) is 0 Å². The Balaban J connectivity index is 0.00000320. The van der Waals surface area contributed by atoms with Gasteiger partial charge in [0, 0.05) is 56.2 Å².